The minimum Gasteiger partial charge on any atom is -0.0990 e. The summed E-state index contributed by atoms with van der Waals surface area (Å²) in [5.74, 6) is 0. The lowest BCUT2D eigenvalue weighted by atomic mass is 10.1. The third kappa shape index (κ3) is 5.04. The van der Waals surface area contributed by atoms with Crippen molar-refractivity contribution in [3.05, 3.63) is 12.2 Å². The second-order valence-electron chi connectivity index (χ2n) is 2.81. The van der Waals surface area contributed by atoms with E-state index in [2.05, 4.69) is 36.4 Å². The van der Waals surface area contributed by atoms with Crippen LogP contribution in [0.25, 0.3) is 0 Å². The summed E-state index contributed by atoms with van der Waals surface area (Å²) >= 11 is 3.57. The minimum atomic E-state index is 0.541. The number of hydrogen-bond donors (Lipinski definition) is 0. The maximum Gasteiger partial charge on any atom is 0.0349 e. The van der Waals surface area contributed by atoms with Crippen molar-refractivity contribution in [2.75, 3.05) is 0 Å². The molecule has 0 heterocycles. The van der Waals surface area contributed by atoms with Gasteiger partial charge in [-0.25, -0.2) is 0 Å². The average molecular weight is 205 g/mol. The number of unbranched alkanes of at least 4 members (excludes halogenated alkanes) is 2. The van der Waals surface area contributed by atoms with Gasteiger partial charge in [0.15, 0.2) is 0 Å². The van der Waals surface area contributed by atoms with E-state index in [1.54, 1.807) is 0 Å². The van der Waals surface area contributed by atoms with Crippen LogP contribution in [0.3, 0.4) is 0 Å². The summed E-state index contributed by atoms with van der Waals surface area (Å²) in [7, 11) is 0. The van der Waals surface area contributed by atoms with Gasteiger partial charge in [0.1, 0.15) is 0 Å². The van der Waals surface area contributed by atoms with Crippen molar-refractivity contribution in [2.45, 2.75) is 44.4 Å². The van der Waals surface area contributed by atoms with Gasteiger partial charge < -0.3 is 0 Å². The lowest BCUT2D eigenvalue weighted by Crippen LogP contribution is -1.97. The Morgan fingerprint density at radius 2 is 2.10 bits per heavy atom. The highest BCUT2D eigenvalue weighted by molar-refractivity contribution is 9.09. The quantitative estimate of drug-likeness (QED) is 0.362. The van der Waals surface area contributed by atoms with Crippen LogP contribution in [0.4, 0.5) is 0 Å². The molecule has 0 nitrogen and oxygen atoms in total. The van der Waals surface area contributed by atoms with E-state index in [0.29, 0.717) is 4.83 Å². The van der Waals surface area contributed by atoms with Crippen LogP contribution in [0.2, 0.25) is 0 Å². The van der Waals surface area contributed by atoms with Crippen LogP contribution >= 0.6 is 15.9 Å². The van der Waals surface area contributed by atoms with Crippen molar-refractivity contribution in [3.8, 4) is 0 Å². The van der Waals surface area contributed by atoms with Gasteiger partial charge in [0, 0.05) is 4.83 Å². The summed E-state index contributed by atoms with van der Waals surface area (Å²) in [4.78, 5) is 0.541. The molecule has 1 atom stereocenters. The predicted octanol–water partition coefficient (Wildman–Crippen LogP) is 3.91. The average Bonchev–Trinajstić information content (AvgIpc) is 1.88. The number of rotatable bonds is 5. The molecule has 0 amide bonds. The second-order valence-corrected chi connectivity index (χ2v) is 3.91. The molecule has 0 N–H and O–H groups in total. The molecule has 0 aliphatic carbocycles. The molecule has 1 unspecified atom stereocenters. The van der Waals surface area contributed by atoms with E-state index in [1.165, 1.54) is 31.3 Å². The van der Waals surface area contributed by atoms with Crippen LogP contribution in [0.1, 0.15) is 39.5 Å². The normalized spacial score (nSPS) is 13.1. The van der Waals surface area contributed by atoms with Crippen LogP contribution in [0, 0.1) is 0 Å². The lowest BCUT2D eigenvalue weighted by molar-refractivity contribution is 0.676. The largest absolute Gasteiger partial charge is 0.0990 e. The Labute approximate surface area is 72.8 Å². The van der Waals surface area contributed by atoms with Gasteiger partial charge in [0.05, 0.1) is 0 Å². The standard InChI is InChI=1S/C9H17Br/c1-4-5-6-7-9(10)8(2)3/h9H,2,4-7H2,1,3H3. The number of alkyl halides is 1. The number of halogens is 1. The SMILES string of the molecule is C=C(C)C(Br)CCCCC. The van der Waals surface area contributed by atoms with Gasteiger partial charge in [0.25, 0.3) is 0 Å². The zero-order valence-corrected chi connectivity index (χ0v) is 8.58. The Balaban J connectivity index is 3.21. The van der Waals surface area contributed by atoms with E-state index in [-0.39, 0.29) is 0 Å². The van der Waals surface area contributed by atoms with Gasteiger partial charge in [-0.15, -0.1) is 0 Å². The van der Waals surface area contributed by atoms with E-state index >= 15 is 0 Å². The van der Waals surface area contributed by atoms with Crippen LogP contribution in [-0.4, -0.2) is 4.83 Å². The number of hydrogen-bond acceptors (Lipinski definition) is 0. The van der Waals surface area contributed by atoms with Crippen molar-refractivity contribution in [2.24, 2.45) is 0 Å². The first-order valence-corrected chi connectivity index (χ1v) is 4.89. The summed E-state index contributed by atoms with van der Waals surface area (Å²) in [6.45, 7) is 8.19. The second kappa shape index (κ2) is 5.96. The maximum absolute atomic E-state index is 3.89. The zero-order valence-electron chi connectivity index (χ0n) is 6.99. The molecule has 1 heteroatoms. The van der Waals surface area contributed by atoms with E-state index in [9.17, 15) is 0 Å². The van der Waals surface area contributed by atoms with Gasteiger partial charge in [0.2, 0.25) is 0 Å². The first kappa shape index (κ1) is 10.2. The monoisotopic (exact) mass is 204 g/mol. The molecule has 0 aromatic carbocycles. The van der Waals surface area contributed by atoms with Gasteiger partial charge in [-0.3, -0.25) is 0 Å². The molecule has 0 saturated carbocycles. The van der Waals surface area contributed by atoms with Crippen LogP contribution in [0.5, 0.6) is 0 Å². The smallest absolute Gasteiger partial charge is 0.0349 e. The predicted molar refractivity (Wildman–Crippen MR) is 51.7 cm³/mol. The van der Waals surface area contributed by atoms with Crippen LogP contribution < -0.4 is 0 Å². The molecule has 0 saturated heterocycles. The fraction of sp³-hybridized carbons (Fsp3) is 0.778. The van der Waals surface area contributed by atoms with Gasteiger partial charge in [-0.05, 0) is 13.3 Å². The molecule has 10 heavy (non-hydrogen) atoms. The molecule has 0 fully saturated rings. The molecular formula is C9H17Br. The molecule has 0 bridgehead atoms. The van der Waals surface area contributed by atoms with Crippen molar-refractivity contribution in [1.29, 1.82) is 0 Å². The van der Waals surface area contributed by atoms with E-state index in [4.69, 9.17) is 0 Å². The molecule has 0 aliphatic heterocycles. The molecule has 0 aromatic rings. The van der Waals surface area contributed by atoms with Crippen molar-refractivity contribution < 1.29 is 0 Å². The molecule has 0 radical (unpaired) electrons. The summed E-state index contributed by atoms with van der Waals surface area (Å²) in [6, 6.07) is 0. The van der Waals surface area contributed by atoms with Crippen molar-refractivity contribution in [1.82, 2.24) is 0 Å². The molecule has 0 rings (SSSR count). The summed E-state index contributed by atoms with van der Waals surface area (Å²) in [6.07, 6.45) is 5.20. The third-order valence-electron chi connectivity index (χ3n) is 1.60. The van der Waals surface area contributed by atoms with Crippen molar-refractivity contribution in [3.63, 3.8) is 0 Å². The van der Waals surface area contributed by atoms with E-state index < -0.39 is 0 Å². The Morgan fingerprint density at radius 1 is 1.50 bits per heavy atom. The van der Waals surface area contributed by atoms with Crippen LogP contribution in [0.15, 0.2) is 12.2 Å². The minimum absolute atomic E-state index is 0.541. The fourth-order valence-electron chi connectivity index (χ4n) is 0.820. The van der Waals surface area contributed by atoms with Gasteiger partial charge in [-0.1, -0.05) is 54.3 Å². The highest BCUT2D eigenvalue weighted by atomic mass is 79.9. The first-order valence-electron chi connectivity index (χ1n) is 3.98. The Kier molecular flexibility index (Phi) is 6.10. The fourth-order valence-corrected chi connectivity index (χ4v) is 1.14. The summed E-state index contributed by atoms with van der Waals surface area (Å²) in [5, 5.41) is 0. The Hall–Kier alpha value is 0.220. The maximum atomic E-state index is 3.89. The molecule has 0 aliphatic rings. The van der Waals surface area contributed by atoms with E-state index in [0.717, 1.165) is 0 Å². The summed E-state index contributed by atoms with van der Waals surface area (Å²) < 4.78 is 0. The topological polar surface area (TPSA) is 0 Å². The van der Waals surface area contributed by atoms with E-state index in [1.807, 2.05) is 0 Å². The number of allylic oxidation sites excluding steroid dienone is 1. The van der Waals surface area contributed by atoms with Gasteiger partial charge >= 0.3 is 0 Å². The Bertz CT molecular complexity index is 96.9. The highest BCUT2D eigenvalue weighted by Crippen LogP contribution is 2.17. The van der Waals surface area contributed by atoms with Gasteiger partial charge in [-0.2, -0.15) is 0 Å². The summed E-state index contributed by atoms with van der Waals surface area (Å²) in [5.41, 5.74) is 1.25. The zero-order chi connectivity index (χ0) is 7.98. The highest BCUT2D eigenvalue weighted by Gasteiger charge is 2.02. The molecule has 0 aromatic heterocycles. The molecular weight excluding hydrogens is 188 g/mol. The molecule has 0 spiro atoms. The first-order chi connectivity index (χ1) is 4.68. The van der Waals surface area contributed by atoms with Crippen LogP contribution in [-0.2, 0) is 0 Å². The lowest BCUT2D eigenvalue weighted by Gasteiger charge is -2.07. The van der Waals surface area contributed by atoms with Crippen molar-refractivity contribution >= 4 is 15.9 Å². The Morgan fingerprint density at radius 3 is 2.50 bits per heavy atom. The third-order valence-corrected chi connectivity index (χ3v) is 2.84. The molecule has 60 valence electrons.